The van der Waals surface area contributed by atoms with Crippen molar-refractivity contribution < 1.29 is 18.0 Å². The first-order valence-electron chi connectivity index (χ1n) is 8.99. The molecule has 9 nitrogen and oxygen atoms in total. The van der Waals surface area contributed by atoms with Crippen LogP contribution in [-0.2, 0) is 16.4 Å². The molecule has 0 saturated carbocycles. The van der Waals surface area contributed by atoms with Crippen LogP contribution in [0.25, 0.3) is 22.6 Å². The number of nitrogens with zero attached hydrogens (tertiary/aromatic N) is 3. The first kappa shape index (κ1) is 22.2. The molecule has 0 amide bonds. The summed E-state index contributed by atoms with van der Waals surface area (Å²) in [5, 5.41) is 19.2. The summed E-state index contributed by atoms with van der Waals surface area (Å²) in [5.41, 5.74) is 7.28. The molecule has 0 bridgehead atoms. The van der Waals surface area contributed by atoms with Crippen molar-refractivity contribution in [1.82, 2.24) is 15.1 Å². The van der Waals surface area contributed by atoms with E-state index in [4.69, 9.17) is 27.0 Å². The van der Waals surface area contributed by atoms with Crippen LogP contribution in [0.5, 0.6) is 0 Å². The smallest absolute Gasteiger partial charge is 0.261 e. The molecule has 0 atom stereocenters. The van der Waals surface area contributed by atoms with E-state index in [1.807, 2.05) is 0 Å². The summed E-state index contributed by atoms with van der Waals surface area (Å²) in [5.74, 6) is 0.808. The van der Waals surface area contributed by atoms with Crippen LogP contribution < -0.4 is 10.9 Å². The Morgan fingerprint density at radius 1 is 1.23 bits per heavy atom. The Hall–Kier alpha value is -2.53. The SMILES string of the molecule is Cc1noc(-c2cc(-c3cc(S(N)(=O)=O)c(Cl)cc3CCC(C)(C)O)cnc2N)n1. The van der Waals surface area contributed by atoms with Gasteiger partial charge in [0.05, 0.1) is 16.2 Å². The van der Waals surface area contributed by atoms with Gasteiger partial charge >= 0.3 is 0 Å². The Kier molecular flexibility index (Phi) is 5.87. The van der Waals surface area contributed by atoms with Crippen molar-refractivity contribution in [3.05, 3.63) is 40.8 Å². The van der Waals surface area contributed by atoms with E-state index in [9.17, 15) is 13.5 Å². The summed E-state index contributed by atoms with van der Waals surface area (Å²) >= 11 is 6.19. The number of aromatic nitrogens is 3. The van der Waals surface area contributed by atoms with Crippen molar-refractivity contribution in [3.63, 3.8) is 0 Å². The minimum atomic E-state index is -4.06. The van der Waals surface area contributed by atoms with E-state index < -0.39 is 15.6 Å². The van der Waals surface area contributed by atoms with Crippen molar-refractivity contribution in [3.8, 4) is 22.6 Å². The molecule has 160 valence electrons. The first-order valence-corrected chi connectivity index (χ1v) is 10.9. The van der Waals surface area contributed by atoms with E-state index in [1.165, 1.54) is 18.3 Å². The maximum atomic E-state index is 12.0. The number of halogens is 1. The molecule has 1 aromatic carbocycles. The van der Waals surface area contributed by atoms with Gasteiger partial charge in [0.2, 0.25) is 10.0 Å². The Bertz CT molecular complexity index is 1200. The number of rotatable bonds is 6. The zero-order chi connectivity index (χ0) is 22.3. The number of nitrogens with two attached hydrogens (primary N) is 2. The molecule has 5 N–H and O–H groups in total. The molecule has 0 aliphatic carbocycles. The Balaban J connectivity index is 2.20. The maximum Gasteiger partial charge on any atom is 0.261 e. The number of hydrogen-bond acceptors (Lipinski definition) is 8. The van der Waals surface area contributed by atoms with Crippen LogP contribution in [0.3, 0.4) is 0 Å². The van der Waals surface area contributed by atoms with E-state index in [-0.39, 0.29) is 21.6 Å². The highest BCUT2D eigenvalue weighted by atomic mass is 35.5. The molecular formula is C19H22ClN5O4S. The number of primary sulfonamides is 1. The van der Waals surface area contributed by atoms with Crippen LogP contribution in [0.4, 0.5) is 5.82 Å². The van der Waals surface area contributed by atoms with Gasteiger partial charge < -0.3 is 15.4 Å². The lowest BCUT2D eigenvalue weighted by molar-refractivity contribution is 0.0714. The molecule has 0 radical (unpaired) electrons. The van der Waals surface area contributed by atoms with Gasteiger partial charge in [-0.3, -0.25) is 0 Å². The van der Waals surface area contributed by atoms with Gasteiger partial charge in [0.25, 0.3) is 5.89 Å². The highest BCUT2D eigenvalue weighted by Crippen LogP contribution is 2.35. The molecular weight excluding hydrogens is 430 g/mol. The summed E-state index contributed by atoms with van der Waals surface area (Å²) in [6.07, 6.45) is 2.36. The summed E-state index contributed by atoms with van der Waals surface area (Å²) < 4.78 is 29.2. The van der Waals surface area contributed by atoms with Crippen molar-refractivity contribution in [2.75, 3.05) is 5.73 Å². The molecule has 0 fully saturated rings. The van der Waals surface area contributed by atoms with Crippen molar-refractivity contribution in [1.29, 1.82) is 0 Å². The number of anilines is 1. The number of hydrogen-bond donors (Lipinski definition) is 3. The number of nitrogen functional groups attached to an aromatic ring is 1. The minimum absolute atomic E-state index is 0.00292. The average molecular weight is 452 g/mol. The summed E-state index contributed by atoms with van der Waals surface area (Å²) in [7, 11) is -4.06. The molecule has 0 aliphatic heterocycles. The van der Waals surface area contributed by atoms with E-state index in [0.717, 1.165) is 0 Å². The number of aryl methyl sites for hydroxylation is 2. The number of sulfonamides is 1. The third-order valence-electron chi connectivity index (χ3n) is 4.46. The highest BCUT2D eigenvalue weighted by Gasteiger charge is 2.21. The lowest BCUT2D eigenvalue weighted by Gasteiger charge is -2.19. The monoisotopic (exact) mass is 451 g/mol. The van der Waals surface area contributed by atoms with E-state index in [1.54, 1.807) is 26.8 Å². The summed E-state index contributed by atoms with van der Waals surface area (Å²) in [6, 6.07) is 4.61. The standard InChI is InChI=1S/C19H22ClN5O4S/c1-10-24-18(29-25-10)14-6-12(9-23-17(14)21)13-8-16(30(22,27)28)15(20)7-11(13)4-5-19(2,3)26/h6-9,26H,4-5H2,1-3H3,(H2,21,23)(H2,22,27,28). The van der Waals surface area contributed by atoms with Gasteiger partial charge in [-0.2, -0.15) is 4.98 Å². The van der Waals surface area contributed by atoms with Gasteiger partial charge in [-0.1, -0.05) is 16.8 Å². The first-order chi connectivity index (χ1) is 13.8. The van der Waals surface area contributed by atoms with Gasteiger partial charge in [-0.05, 0) is 62.9 Å². The predicted molar refractivity (Wildman–Crippen MR) is 113 cm³/mol. The molecule has 0 aliphatic rings. The van der Waals surface area contributed by atoms with Gasteiger partial charge in [0.1, 0.15) is 10.7 Å². The van der Waals surface area contributed by atoms with Crippen LogP contribution in [0.2, 0.25) is 5.02 Å². The van der Waals surface area contributed by atoms with Gasteiger partial charge in [0, 0.05) is 11.8 Å². The zero-order valence-electron chi connectivity index (χ0n) is 16.7. The minimum Gasteiger partial charge on any atom is -0.390 e. The molecule has 0 unspecified atom stereocenters. The molecule has 2 heterocycles. The number of benzene rings is 1. The zero-order valence-corrected chi connectivity index (χ0v) is 18.3. The third-order valence-corrected chi connectivity index (χ3v) is 5.83. The average Bonchev–Trinajstić information content (AvgIpc) is 3.05. The molecule has 11 heteroatoms. The molecule has 30 heavy (non-hydrogen) atoms. The quantitative estimate of drug-likeness (QED) is 0.515. The van der Waals surface area contributed by atoms with Crippen LogP contribution >= 0.6 is 11.6 Å². The number of pyridine rings is 1. The highest BCUT2D eigenvalue weighted by molar-refractivity contribution is 7.89. The normalized spacial score (nSPS) is 12.3. The fraction of sp³-hybridized carbons (Fsp3) is 0.316. The fourth-order valence-electron chi connectivity index (χ4n) is 2.93. The van der Waals surface area contributed by atoms with Gasteiger partial charge in [-0.15, -0.1) is 0 Å². The second kappa shape index (κ2) is 7.95. The third kappa shape index (κ3) is 4.96. The molecule has 3 aromatic rings. The second-order valence-corrected chi connectivity index (χ2v) is 9.54. The maximum absolute atomic E-state index is 12.0. The predicted octanol–water partition coefficient (Wildman–Crippen LogP) is 2.69. The topological polar surface area (TPSA) is 158 Å². The van der Waals surface area contributed by atoms with Gasteiger partial charge in [-0.25, -0.2) is 18.5 Å². The van der Waals surface area contributed by atoms with E-state index in [2.05, 4.69) is 15.1 Å². The number of aliphatic hydroxyl groups is 1. The lowest BCUT2D eigenvalue weighted by Crippen LogP contribution is -2.19. The largest absolute Gasteiger partial charge is 0.390 e. The van der Waals surface area contributed by atoms with Crippen molar-refractivity contribution >= 4 is 27.4 Å². The second-order valence-electron chi connectivity index (χ2n) is 7.60. The van der Waals surface area contributed by atoms with E-state index in [0.29, 0.717) is 40.9 Å². The molecule has 3 rings (SSSR count). The Labute approximate surface area is 179 Å². The van der Waals surface area contributed by atoms with Crippen molar-refractivity contribution in [2.45, 2.75) is 44.1 Å². The summed E-state index contributed by atoms with van der Waals surface area (Å²) in [4.78, 5) is 8.15. The molecule has 0 spiro atoms. The van der Waals surface area contributed by atoms with Crippen LogP contribution in [0.1, 0.15) is 31.7 Å². The lowest BCUT2D eigenvalue weighted by atomic mass is 9.93. The Morgan fingerprint density at radius 2 is 1.93 bits per heavy atom. The van der Waals surface area contributed by atoms with Crippen molar-refractivity contribution in [2.24, 2.45) is 5.14 Å². The van der Waals surface area contributed by atoms with E-state index >= 15 is 0 Å². The molecule has 2 aromatic heterocycles. The van der Waals surface area contributed by atoms with Crippen LogP contribution in [-0.4, -0.2) is 34.2 Å². The molecule has 0 saturated heterocycles. The summed E-state index contributed by atoms with van der Waals surface area (Å²) in [6.45, 7) is 5.05. The van der Waals surface area contributed by atoms with Crippen LogP contribution in [0.15, 0.2) is 33.8 Å². The Morgan fingerprint density at radius 3 is 2.50 bits per heavy atom. The van der Waals surface area contributed by atoms with Gasteiger partial charge in [0.15, 0.2) is 5.82 Å². The fourth-order valence-corrected chi connectivity index (χ4v) is 4.05. The van der Waals surface area contributed by atoms with Crippen LogP contribution in [0, 0.1) is 6.92 Å².